The minimum Gasteiger partial charge on any atom is -0.359 e. The van der Waals surface area contributed by atoms with Gasteiger partial charge in [-0.2, -0.15) is 0 Å². The molecule has 0 amide bonds. The third-order valence-electron chi connectivity index (χ3n) is 2.47. The predicted molar refractivity (Wildman–Crippen MR) is 83.0 cm³/mol. The van der Waals surface area contributed by atoms with E-state index in [0.717, 1.165) is 27.2 Å². The fourth-order valence-corrected chi connectivity index (χ4v) is 3.25. The van der Waals surface area contributed by atoms with Crippen LogP contribution >= 0.6 is 22.7 Å². The van der Waals surface area contributed by atoms with Crippen LogP contribution in [0.5, 0.6) is 0 Å². The molecule has 0 aliphatic heterocycles. The Morgan fingerprint density at radius 3 is 2.55 bits per heavy atom. The first-order chi connectivity index (χ1) is 9.72. The summed E-state index contributed by atoms with van der Waals surface area (Å²) in [4.78, 5) is 17.4. The summed E-state index contributed by atoms with van der Waals surface area (Å²) in [7, 11) is 0. The minimum absolute atomic E-state index is 0.375. The normalized spacial score (nSPS) is 10.9. The van der Waals surface area contributed by atoms with Crippen molar-refractivity contribution in [2.24, 2.45) is 0 Å². The maximum absolute atomic E-state index is 4.58. The van der Waals surface area contributed by atoms with E-state index in [9.17, 15) is 0 Å². The van der Waals surface area contributed by atoms with Crippen LogP contribution in [0.4, 0.5) is 5.13 Å². The Morgan fingerprint density at radius 1 is 1.00 bits per heavy atom. The van der Waals surface area contributed by atoms with E-state index in [-0.39, 0.29) is 0 Å². The molecule has 0 radical (unpaired) electrons. The van der Waals surface area contributed by atoms with E-state index < -0.39 is 0 Å². The highest BCUT2D eigenvalue weighted by Gasteiger charge is 2.11. The van der Waals surface area contributed by atoms with E-state index in [1.807, 2.05) is 10.8 Å². The lowest BCUT2D eigenvalue weighted by Gasteiger charge is -2.04. The van der Waals surface area contributed by atoms with Gasteiger partial charge in [-0.25, -0.2) is 9.97 Å². The molecule has 3 aromatic heterocycles. The molecule has 0 fully saturated rings. The minimum atomic E-state index is 0.375. The third kappa shape index (κ3) is 2.83. The Balaban J connectivity index is 1.85. The fourth-order valence-electron chi connectivity index (χ4n) is 1.62. The van der Waals surface area contributed by atoms with E-state index in [4.69, 9.17) is 0 Å². The van der Waals surface area contributed by atoms with Crippen LogP contribution in [-0.4, -0.2) is 26.0 Å². The lowest BCUT2D eigenvalue weighted by molar-refractivity contribution is 0.896. The Bertz CT molecular complexity index is 690. The first-order valence-electron chi connectivity index (χ1n) is 6.17. The largest absolute Gasteiger partial charge is 0.359 e. The first kappa shape index (κ1) is 13.1. The fraction of sp³-hybridized carbons (Fsp3) is 0.231. The first-order valence-corrected chi connectivity index (χ1v) is 7.92. The van der Waals surface area contributed by atoms with Crippen LogP contribution in [-0.2, 0) is 0 Å². The topological polar surface area (TPSA) is 63.6 Å². The van der Waals surface area contributed by atoms with Gasteiger partial charge in [0, 0.05) is 29.2 Å². The molecule has 0 aromatic carbocycles. The summed E-state index contributed by atoms with van der Waals surface area (Å²) in [6, 6.07) is 0.375. The van der Waals surface area contributed by atoms with Crippen molar-refractivity contribution in [1.29, 1.82) is 0 Å². The van der Waals surface area contributed by atoms with Crippen LogP contribution in [0.3, 0.4) is 0 Å². The van der Waals surface area contributed by atoms with Crippen LogP contribution in [0.15, 0.2) is 29.4 Å². The number of aromatic nitrogens is 4. The van der Waals surface area contributed by atoms with Gasteiger partial charge in [-0.1, -0.05) is 0 Å². The molecule has 3 rings (SSSR count). The quantitative estimate of drug-likeness (QED) is 0.798. The highest BCUT2D eigenvalue weighted by molar-refractivity contribution is 7.14. The van der Waals surface area contributed by atoms with Crippen LogP contribution in [0.1, 0.15) is 13.8 Å². The summed E-state index contributed by atoms with van der Waals surface area (Å²) in [5.41, 5.74) is 2.56. The third-order valence-corrected chi connectivity index (χ3v) is 4.10. The lowest BCUT2D eigenvalue weighted by atomic mass is 10.4. The van der Waals surface area contributed by atoms with E-state index in [1.165, 1.54) is 0 Å². The second kappa shape index (κ2) is 5.64. The van der Waals surface area contributed by atoms with Gasteiger partial charge in [0.1, 0.15) is 22.1 Å². The van der Waals surface area contributed by atoms with Crippen LogP contribution in [0.2, 0.25) is 0 Å². The molecule has 20 heavy (non-hydrogen) atoms. The maximum atomic E-state index is 4.58. The lowest BCUT2D eigenvalue weighted by Crippen LogP contribution is -2.08. The molecular formula is C13H13N5S2. The van der Waals surface area contributed by atoms with Crippen molar-refractivity contribution in [3.05, 3.63) is 29.4 Å². The Kier molecular flexibility index (Phi) is 3.70. The van der Waals surface area contributed by atoms with Gasteiger partial charge in [0.25, 0.3) is 0 Å². The average Bonchev–Trinajstić information content (AvgIpc) is 3.07. The Labute approximate surface area is 124 Å². The van der Waals surface area contributed by atoms with E-state index in [2.05, 4.69) is 39.1 Å². The average molecular weight is 303 g/mol. The molecule has 7 heteroatoms. The van der Waals surface area contributed by atoms with E-state index in [1.54, 1.807) is 41.3 Å². The SMILES string of the molecule is CC(C)Nc1nc(-c2csc(-c3cnccn3)n2)cs1. The Hall–Kier alpha value is -1.86. The molecule has 102 valence electrons. The molecular weight excluding hydrogens is 290 g/mol. The van der Waals surface area contributed by atoms with Gasteiger partial charge in [-0.3, -0.25) is 9.97 Å². The van der Waals surface area contributed by atoms with E-state index in [0.29, 0.717) is 6.04 Å². The van der Waals surface area contributed by atoms with Crippen molar-refractivity contribution in [3.63, 3.8) is 0 Å². The molecule has 1 N–H and O–H groups in total. The summed E-state index contributed by atoms with van der Waals surface area (Å²) >= 11 is 3.14. The Morgan fingerprint density at radius 2 is 1.80 bits per heavy atom. The van der Waals surface area contributed by atoms with Crippen molar-refractivity contribution in [2.45, 2.75) is 19.9 Å². The molecule has 5 nitrogen and oxygen atoms in total. The summed E-state index contributed by atoms with van der Waals surface area (Å²) < 4.78 is 0. The number of rotatable bonds is 4. The standard InChI is InChI=1S/C13H13N5S2/c1-8(2)16-13-18-11(7-20-13)10-6-19-12(17-10)9-5-14-3-4-15-9/h3-8H,1-2H3,(H,16,18). The number of thiazole rings is 2. The monoisotopic (exact) mass is 303 g/mol. The summed E-state index contributed by atoms with van der Waals surface area (Å²) in [5.74, 6) is 0. The molecule has 0 saturated heterocycles. The number of nitrogens with zero attached hydrogens (tertiary/aromatic N) is 4. The zero-order valence-corrected chi connectivity index (χ0v) is 12.7. The molecule has 0 aliphatic carbocycles. The molecule has 0 unspecified atom stereocenters. The van der Waals surface area contributed by atoms with Gasteiger partial charge in [0.15, 0.2) is 5.13 Å². The van der Waals surface area contributed by atoms with Crippen LogP contribution in [0, 0.1) is 0 Å². The van der Waals surface area contributed by atoms with Crippen molar-refractivity contribution in [3.8, 4) is 22.1 Å². The summed E-state index contributed by atoms with van der Waals surface area (Å²) in [6.45, 7) is 4.19. The second-order valence-corrected chi connectivity index (χ2v) is 6.18. The number of nitrogens with one attached hydrogen (secondary N) is 1. The van der Waals surface area contributed by atoms with Gasteiger partial charge in [-0.05, 0) is 13.8 Å². The number of hydrogen-bond donors (Lipinski definition) is 1. The molecule has 3 aromatic rings. The van der Waals surface area contributed by atoms with Gasteiger partial charge in [0.2, 0.25) is 0 Å². The molecule has 3 heterocycles. The molecule has 0 spiro atoms. The van der Waals surface area contributed by atoms with E-state index >= 15 is 0 Å². The highest BCUT2D eigenvalue weighted by Crippen LogP contribution is 2.29. The maximum Gasteiger partial charge on any atom is 0.183 e. The molecule has 0 bridgehead atoms. The van der Waals surface area contributed by atoms with Gasteiger partial charge >= 0.3 is 0 Å². The summed E-state index contributed by atoms with van der Waals surface area (Å²) in [5, 5.41) is 9.09. The van der Waals surface area contributed by atoms with Crippen molar-refractivity contribution < 1.29 is 0 Å². The van der Waals surface area contributed by atoms with Gasteiger partial charge in [-0.15, -0.1) is 22.7 Å². The van der Waals surface area contributed by atoms with Gasteiger partial charge < -0.3 is 5.32 Å². The zero-order chi connectivity index (χ0) is 13.9. The summed E-state index contributed by atoms with van der Waals surface area (Å²) in [6.07, 6.45) is 5.04. The van der Waals surface area contributed by atoms with Crippen molar-refractivity contribution in [1.82, 2.24) is 19.9 Å². The van der Waals surface area contributed by atoms with Crippen molar-refractivity contribution >= 4 is 27.8 Å². The molecule has 0 saturated carbocycles. The molecule has 0 atom stereocenters. The zero-order valence-electron chi connectivity index (χ0n) is 11.1. The second-order valence-electron chi connectivity index (χ2n) is 4.47. The number of hydrogen-bond acceptors (Lipinski definition) is 7. The predicted octanol–water partition coefficient (Wildman–Crippen LogP) is 3.54. The number of anilines is 1. The highest BCUT2D eigenvalue weighted by atomic mass is 32.1. The molecule has 0 aliphatic rings. The van der Waals surface area contributed by atoms with Gasteiger partial charge in [0.05, 0.1) is 6.20 Å². The van der Waals surface area contributed by atoms with Crippen LogP contribution in [0.25, 0.3) is 22.1 Å². The smallest absolute Gasteiger partial charge is 0.183 e. The van der Waals surface area contributed by atoms with Crippen LogP contribution < -0.4 is 5.32 Å². The van der Waals surface area contributed by atoms with Crippen molar-refractivity contribution in [2.75, 3.05) is 5.32 Å².